The third-order valence-electron chi connectivity index (χ3n) is 6.43. The zero-order valence-corrected chi connectivity index (χ0v) is 25.4. The number of rotatable bonds is 7. The molecule has 0 saturated heterocycles. The van der Waals surface area contributed by atoms with E-state index in [4.69, 9.17) is 34.0 Å². The second-order valence-electron chi connectivity index (χ2n) is 9.76. The summed E-state index contributed by atoms with van der Waals surface area (Å²) in [6.45, 7) is 1.86. The van der Waals surface area contributed by atoms with Crippen LogP contribution in [0.3, 0.4) is 0 Å². The predicted molar refractivity (Wildman–Crippen MR) is 153 cm³/mol. The van der Waals surface area contributed by atoms with Crippen LogP contribution >= 0.6 is 11.6 Å². The zero-order valence-electron chi connectivity index (χ0n) is 23.8. The monoisotopic (exact) mass is 617 g/mol. The molecule has 4 rings (SSSR count). The van der Waals surface area contributed by atoms with Crippen LogP contribution in [0.5, 0.6) is 0 Å². The molecule has 0 radical (unpaired) electrons. The van der Waals surface area contributed by atoms with Gasteiger partial charge >= 0.3 is 5.97 Å². The van der Waals surface area contributed by atoms with Crippen molar-refractivity contribution in [2.24, 2.45) is 0 Å². The highest BCUT2D eigenvalue weighted by Crippen LogP contribution is 2.38. The molecule has 2 aromatic rings. The second kappa shape index (κ2) is 13.8. The molecule has 11 nitrogen and oxygen atoms in total. The number of benzene rings is 1. The molecule has 1 aliphatic heterocycles. The molecular weight excluding hydrogens is 586 g/mol. The molecule has 2 aliphatic rings. The maximum atomic E-state index is 13.5. The molecule has 0 spiro atoms. The third-order valence-corrected chi connectivity index (χ3v) is 6.69. The Morgan fingerprint density at radius 3 is 2.36 bits per heavy atom. The summed E-state index contributed by atoms with van der Waals surface area (Å²) >= 11 is 6.00. The van der Waals surface area contributed by atoms with E-state index in [1.54, 1.807) is 79.5 Å². The number of hydrogen-bond donors (Lipinski definition) is 0. The van der Waals surface area contributed by atoms with Crippen LogP contribution in [0.1, 0.15) is 34.1 Å². The molecule has 0 fully saturated rings. The van der Waals surface area contributed by atoms with Crippen molar-refractivity contribution in [3.05, 3.63) is 100 Å². The van der Waals surface area contributed by atoms with E-state index < -0.39 is 16.1 Å². The van der Waals surface area contributed by atoms with Gasteiger partial charge in [0.05, 0.1) is 35.7 Å². The van der Waals surface area contributed by atoms with Gasteiger partial charge in [-0.1, -0.05) is 17.7 Å². The van der Waals surface area contributed by atoms with Crippen LogP contribution in [0.25, 0.3) is 0 Å². The van der Waals surface area contributed by atoms with E-state index >= 15 is 0 Å². The van der Waals surface area contributed by atoms with Crippen molar-refractivity contribution in [2.45, 2.75) is 32.2 Å². The molecule has 0 bridgehead atoms. The molecule has 2 heterocycles. The van der Waals surface area contributed by atoms with Crippen molar-refractivity contribution in [3.63, 3.8) is 0 Å². The van der Waals surface area contributed by atoms with Gasteiger partial charge in [-0.3, -0.25) is 14.4 Å². The minimum absolute atomic E-state index is 0.00953. The van der Waals surface area contributed by atoms with E-state index in [-0.39, 0.29) is 37.0 Å². The highest BCUT2D eigenvalue weighted by atomic mass is 35.5. The lowest BCUT2D eigenvalue weighted by Crippen LogP contribution is -2.42. The Balaban J connectivity index is 0.000000892. The fraction of sp³-hybridized carbons (Fsp3) is 0.310. The van der Waals surface area contributed by atoms with Gasteiger partial charge in [-0.25, -0.2) is 8.42 Å². The zero-order chi connectivity index (χ0) is 31.2. The summed E-state index contributed by atoms with van der Waals surface area (Å²) in [6, 6.07) is 9.50. The van der Waals surface area contributed by atoms with Gasteiger partial charge in [-0.15, -0.1) is 0 Å². The van der Waals surface area contributed by atoms with Crippen molar-refractivity contribution in [1.82, 2.24) is 9.80 Å². The van der Waals surface area contributed by atoms with Crippen LogP contribution in [-0.2, 0) is 31.1 Å². The lowest BCUT2D eigenvalue weighted by atomic mass is 9.96. The number of allylic oxidation sites excluding steroid dienone is 1. The number of nitrogens with zero attached hydrogens (tertiary/aromatic N) is 3. The molecule has 224 valence electrons. The molecule has 2 atom stereocenters. The summed E-state index contributed by atoms with van der Waals surface area (Å²) in [7, 11) is 1.01. The van der Waals surface area contributed by atoms with Crippen molar-refractivity contribution in [2.75, 3.05) is 27.5 Å². The average Bonchev–Trinajstić information content (AvgIpc) is 3.20. The number of ether oxygens (including phenoxy) is 2. The van der Waals surface area contributed by atoms with Crippen molar-refractivity contribution < 1.29 is 41.4 Å². The Bertz CT molecular complexity index is 1540. The Labute approximate surface area is 250 Å². The van der Waals surface area contributed by atoms with Crippen LogP contribution in [-0.4, -0.2) is 80.1 Å². The summed E-state index contributed by atoms with van der Waals surface area (Å²) in [6.07, 6.45) is 9.56. The number of carbonyl (C=O) groups excluding carboxylic acids is 3. The minimum Gasteiger partial charge on any atom is -0.748 e. The summed E-state index contributed by atoms with van der Waals surface area (Å²) < 4.78 is 39.8. The summed E-state index contributed by atoms with van der Waals surface area (Å²) in [5.74, 6) is -0.0995. The van der Waals surface area contributed by atoms with E-state index in [1.807, 2.05) is 25.2 Å². The predicted octanol–water partition coefficient (Wildman–Crippen LogP) is 2.69. The maximum absolute atomic E-state index is 13.5. The van der Waals surface area contributed by atoms with E-state index in [2.05, 4.69) is 0 Å². The molecule has 2 amide bonds. The molecule has 42 heavy (non-hydrogen) atoms. The van der Waals surface area contributed by atoms with E-state index in [1.165, 1.54) is 4.90 Å². The number of hydrogen-bond acceptors (Lipinski definition) is 8. The first-order valence-electron chi connectivity index (χ1n) is 12.7. The first-order valence-corrected chi connectivity index (χ1v) is 14.9. The quantitative estimate of drug-likeness (QED) is 0.263. The van der Waals surface area contributed by atoms with Gasteiger partial charge in [-0.05, 0) is 60.6 Å². The van der Waals surface area contributed by atoms with Crippen LogP contribution in [0, 0.1) is 0 Å². The first-order chi connectivity index (χ1) is 19.7. The molecule has 1 aromatic carbocycles. The van der Waals surface area contributed by atoms with Gasteiger partial charge in [-0.2, -0.15) is 4.57 Å². The molecule has 13 heteroatoms. The number of halogens is 1. The average molecular weight is 618 g/mol. The van der Waals surface area contributed by atoms with Gasteiger partial charge in [0.25, 0.3) is 18.5 Å². The number of esters is 1. The van der Waals surface area contributed by atoms with Crippen LogP contribution < -0.4 is 4.57 Å². The molecule has 1 aliphatic carbocycles. The van der Waals surface area contributed by atoms with E-state index in [0.29, 0.717) is 28.2 Å². The molecular formula is C29H32ClN3O8S. The standard InChI is InChI=1S/C28H29ClN3O5.CH4O3S/c1-18-23(15-26(33)37-17-31-13-5-6-20(16-31)27(34)30(2)3)24-14-22(36-4)11-12-25(24)32(18)28(35)19-7-9-21(29)10-8-19;1-5(2,3)4/h5-14,16,18,25H,15,17H2,1-4H3;1H3,(H,2,3,4)/q+1;/p-1. The van der Waals surface area contributed by atoms with Crippen molar-refractivity contribution in [1.29, 1.82) is 0 Å². The van der Waals surface area contributed by atoms with Gasteiger partial charge in [0.15, 0.2) is 12.4 Å². The van der Waals surface area contributed by atoms with Crippen LogP contribution in [0.2, 0.25) is 5.02 Å². The third kappa shape index (κ3) is 8.51. The smallest absolute Gasteiger partial charge is 0.314 e. The Morgan fingerprint density at radius 1 is 1.12 bits per heavy atom. The molecule has 0 N–H and O–H groups in total. The molecule has 2 unspecified atom stereocenters. The van der Waals surface area contributed by atoms with Gasteiger partial charge in [0, 0.05) is 37.0 Å². The van der Waals surface area contributed by atoms with E-state index in [9.17, 15) is 14.4 Å². The van der Waals surface area contributed by atoms with Gasteiger partial charge < -0.3 is 23.8 Å². The fourth-order valence-electron chi connectivity index (χ4n) is 4.51. The van der Waals surface area contributed by atoms with Crippen molar-refractivity contribution in [3.8, 4) is 0 Å². The number of amides is 2. The summed E-state index contributed by atoms with van der Waals surface area (Å²) in [4.78, 5) is 41.9. The highest BCUT2D eigenvalue weighted by Gasteiger charge is 2.41. The molecule has 1 aromatic heterocycles. The topological polar surface area (TPSA) is 137 Å². The number of pyridine rings is 1. The lowest BCUT2D eigenvalue weighted by molar-refractivity contribution is -0.727. The first kappa shape index (κ1) is 32.5. The Kier molecular flexibility index (Phi) is 10.7. The number of carbonyl (C=O) groups is 3. The molecule has 0 saturated carbocycles. The van der Waals surface area contributed by atoms with Gasteiger partial charge in [0.2, 0.25) is 0 Å². The normalized spacial score (nSPS) is 17.5. The highest BCUT2D eigenvalue weighted by molar-refractivity contribution is 7.84. The summed E-state index contributed by atoms with van der Waals surface area (Å²) in [5, 5.41) is 0.549. The van der Waals surface area contributed by atoms with Crippen LogP contribution in [0.4, 0.5) is 0 Å². The SMILES string of the molecule is COC1=CC2=C(CC(=O)OC[n+]3cccc(C(=O)N(C)C)c3)C(C)N(C(=O)c3ccc(Cl)cc3)C2C=C1.CS(=O)(=O)[O-]. The minimum atomic E-state index is -3.92. The summed E-state index contributed by atoms with van der Waals surface area (Å²) in [5.41, 5.74) is 2.64. The van der Waals surface area contributed by atoms with Crippen molar-refractivity contribution >= 4 is 39.5 Å². The number of aromatic nitrogens is 1. The van der Waals surface area contributed by atoms with E-state index in [0.717, 1.165) is 11.1 Å². The second-order valence-corrected chi connectivity index (χ2v) is 11.6. The maximum Gasteiger partial charge on any atom is 0.314 e. The van der Waals surface area contributed by atoms with Crippen LogP contribution in [0.15, 0.2) is 83.9 Å². The number of methoxy groups -OCH3 is 1. The fourth-order valence-corrected chi connectivity index (χ4v) is 4.64. The largest absolute Gasteiger partial charge is 0.748 e. The lowest BCUT2D eigenvalue weighted by Gasteiger charge is -2.30. The Hall–Kier alpha value is -4.00. The Morgan fingerprint density at radius 2 is 1.76 bits per heavy atom. The van der Waals surface area contributed by atoms with Gasteiger partial charge in [0.1, 0.15) is 11.3 Å². The number of fused-ring (bicyclic) bond motifs is 1.